The maximum Gasteiger partial charge on any atom is 0.162 e. The first kappa shape index (κ1) is 16.0. The predicted molar refractivity (Wildman–Crippen MR) is 87.3 cm³/mol. The van der Waals surface area contributed by atoms with Crippen LogP contribution in [0.4, 0.5) is 5.69 Å². The third-order valence-electron chi connectivity index (χ3n) is 4.48. The topological polar surface area (TPSA) is 47.7 Å². The van der Waals surface area contributed by atoms with Gasteiger partial charge in [-0.2, -0.15) is 0 Å². The van der Waals surface area contributed by atoms with Gasteiger partial charge < -0.3 is 20.1 Å². The molecule has 2 rings (SSSR count). The monoisotopic (exact) mass is 292 g/mol. The zero-order chi connectivity index (χ0) is 15.4. The van der Waals surface area contributed by atoms with E-state index in [2.05, 4.69) is 30.9 Å². The molecule has 118 valence electrons. The number of anilines is 1. The van der Waals surface area contributed by atoms with Crippen LogP contribution in [0, 0.1) is 11.8 Å². The van der Waals surface area contributed by atoms with Gasteiger partial charge >= 0.3 is 0 Å². The first-order valence-electron chi connectivity index (χ1n) is 7.77. The molecule has 2 N–H and O–H groups in total. The normalized spacial score (nSPS) is 19.9. The lowest BCUT2D eigenvalue weighted by atomic mass is 9.93. The lowest BCUT2D eigenvalue weighted by Crippen LogP contribution is -2.30. The van der Waals surface area contributed by atoms with Crippen LogP contribution < -0.4 is 20.1 Å². The van der Waals surface area contributed by atoms with Crippen molar-refractivity contribution in [3.63, 3.8) is 0 Å². The van der Waals surface area contributed by atoms with Crippen molar-refractivity contribution in [3.8, 4) is 11.5 Å². The molecule has 1 aromatic carbocycles. The van der Waals surface area contributed by atoms with Gasteiger partial charge in [0.1, 0.15) is 0 Å². The van der Waals surface area contributed by atoms with E-state index in [0.29, 0.717) is 17.9 Å². The summed E-state index contributed by atoms with van der Waals surface area (Å²) >= 11 is 0. The molecule has 0 saturated carbocycles. The maximum absolute atomic E-state index is 6.21. The van der Waals surface area contributed by atoms with E-state index in [1.54, 1.807) is 14.2 Å². The van der Waals surface area contributed by atoms with Crippen LogP contribution in [0.25, 0.3) is 0 Å². The van der Waals surface area contributed by atoms with Gasteiger partial charge in [0.25, 0.3) is 0 Å². The summed E-state index contributed by atoms with van der Waals surface area (Å²) < 4.78 is 10.7. The molecule has 1 aliphatic heterocycles. The average molecular weight is 292 g/mol. The number of nitrogens with two attached hydrogens (primary N) is 1. The molecule has 1 saturated heterocycles. The fourth-order valence-corrected chi connectivity index (χ4v) is 2.94. The van der Waals surface area contributed by atoms with E-state index >= 15 is 0 Å². The Morgan fingerprint density at radius 1 is 1.24 bits per heavy atom. The number of rotatable bonds is 6. The Morgan fingerprint density at radius 3 is 2.57 bits per heavy atom. The van der Waals surface area contributed by atoms with Crippen molar-refractivity contribution in [1.29, 1.82) is 0 Å². The van der Waals surface area contributed by atoms with Gasteiger partial charge in [0.05, 0.1) is 14.2 Å². The largest absolute Gasteiger partial charge is 0.493 e. The van der Waals surface area contributed by atoms with Gasteiger partial charge in [0, 0.05) is 30.9 Å². The highest BCUT2D eigenvalue weighted by Gasteiger charge is 2.25. The molecule has 21 heavy (non-hydrogen) atoms. The third-order valence-corrected chi connectivity index (χ3v) is 4.48. The van der Waals surface area contributed by atoms with E-state index in [0.717, 1.165) is 31.0 Å². The number of hydrogen-bond donors (Lipinski definition) is 1. The van der Waals surface area contributed by atoms with Gasteiger partial charge in [-0.15, -0.1) is 0 Å². The molecule has 1 fully saturated rings. The van der Waals surface area contributed by atoms with Crippen LogP contribution in [0.15, 0.2) is 18.2 Å². The minimum absolute atomic E-state index is 0.306. The molecule has 0 aromatic heterocycles. The van der Waals surface area contributed by atoms with Gasteiger partial charge in [-0.25, -0.2) is 0 Å². The van der Waals surface area contributed by atoms with Gasteiger partial charge in [0.15, 0.2) is 11.5 Å². The summed E-state index contributed by atoms with van der Waals surface area (Å²) in [6, 6.07) is 6.44. The van der Waals surface area contributed by atoms with Crippen molar-refractivity contribution in [2.24, 2.45) is 17.6 Å². The molecule has 2 unspecified atom stereocenters. The average Bonchev–Trinajstić information content (AvgIpc) is 2.94. The summed E-state index contributed by atoms with van der Waals surface area (Å²) in [6.45, 7) is 6.57. The van der Waals surface area contributed by atoms with Crippen LogP contribution in [-0.4, -0.2) is 33.4 Å². The van der Waals surface area contributed by atoms with E-state index < -0.39 is 0 Å². The molecule has 4 nitrogen and oxygen atoms in total. The molecular formula is C17H28N2O2. The Kier molecular flexibility index (Phi) is 5.34. The van der Waals surface area contributed by atoms with Gasteiger partial charge in [-0.05, 0) is 36.8 Å². The molecule has 0 spiro atoms. The zero-order valence-corrected chi connectivity index (χ0v) is 13.6. The van der Waals surface area contributed by atoms with Crippen molar-refractivity contribution < 1.29 is 9.47 Å². The van der Waals surface area contributed by atoms with Gasteiger partial charge in [-0.1, -0.05) is 13.8 Å². The van der Waals surface area contributed by atoms with Crippen molar-refractivity contribution in [2.45, 2.75) is 32.7 Å². The highest BCUT2D eigenvalue weighted by Crippen LogP contribution is 2.34. The fraction of sp³-hybridized carbons (Fsp3) is 0.647. The van der Waals surface area contributed by atoms with Crippen LogP contribution >= 0.6 is 0 Å². The fourth-order valence-electron chi connectivity index (χ4n) is 2.94. The van der Waals surface area contributed by atoms with Crippen molar-refractivity contribution in [1.82, 2.24) is 0 Å². The molecular weight excluding hydrogens is 264 g/mol. The number of ether oxygens (including phenoxy) is 2. The Balaban J connectivity index is 2.01. The molecule has 0 amide bonds. The first-order valence-corrected chi connectivity index (χ1v) is 7.77. The summed E-state index contributed by atoms with van der Waals surface area (Å²) in [5, 5.41) is 0. The number of methoxy groups -OCH3 is 2. The minimum atomic E-state index is 0.306. The van der Waals surface area contributed by atoms with Crippen LogP contribution in [0.1, 0.15) is 26.7 Å². The van der Waals surface area contributed by atoms with Crippen molar-refractivity contribution in [2.75, 3.05) is 32.2 Å². The number of benzene rings is 1. The highest BCUT2D eigenvalue weighted by atomic mass is 16.5. The summed E-state index contributed by atoms with van der Waals surface area (Å²) in [6.07, 6.45) is 2.33. The van der Waals surface area contributed by atoms with E-state index in [9.17, 15) is 0 Å². The number of hydrogen-bond acceptors (Lipinski definition) is 4. The lowest BCUT2D eigenvalue weighted by molar-refractivity contribution is 0.355. The predicted octanol–water partition coefficient (Wildman–Crippen LogP) is 2.90. The SMILES string of the molecule is COc1ccc(N2CCC(CC(N)C(C)C)C2)cc1OC. The maximum atomic E-state index is 6.21. The molecule has 2 atom stereocenters. The zero-order valence-electron chi connectivity index (χ0n) is 13.6. The molecule has 1 aromatic rings. The Labute approximate surface area is 128 Å². The molecule has 1 heterocycles. The standard InChI is InChI=1S/C17H28N2O2/c1-12(2)15(18)9-13-7-8-19(11-13)14-5-6-16(20-3)17(10-14)21-4/h5-6,10,12-13,15H,7-9,11,18H2,1-4H3. The second kappa shape index (κ2) is 7.03. The lowest BCUT2D eigenvalue weighted by Gasteiger charge is -2.22. The highest BCUT2D eigenvalue weighted by molar-refractivity contribution is 5.56. The molecule has 0 radical (unpaired) electrons. The van der Waals surface area contributed by atoms with Crippen molar-refractivity contribution in [3.05, 3.63) is 18.2 Å². The quantitative estimate of drug-likeness (QED) is 0.876. The smallest absolute Gasteiger partial charge is 0.162 e. The van der Waals surface area contributed by atoms with E-state index in [1.165, 1.54) is 12.1 Å². The Bertz CT molecular complexity index is 462. The molecule has 0 aliphatic carbocycles. The van der Waals surface area contributed by atoms with Gasteiger partial charge in [0.2, 0.25) is 0 Å². The third kappa shape index (κ3) is 3.82. The summed E-state index contributed by atoms with van der Waals surface area (Å²) in [5.74, 6) is 2.81. The second-order valence-electron chi connectivity index (χ2n) is 6.28. The van der Waals surface area contributed by atoms with Crippen molar-refractivity contribution >= 4 is 5.69 Å². The van der Waals surface area contributed by atoms with Crippen LogP contribution in [0.5, 0.6) is 11.5 Å². The Morgan fingerprint density at radius 2 is 1.95 bits per heavy atom. The number of nitrogens with zero attached hydrogens (tertiary/aromatic N) is 1. The van der Waals surface area contributed by atoms with Crippen LogP contribution in [-0.2, 0) is 0 Å². The summed E-state index contributed by atoms with van der Waals surface area (Å²) in [4.78, 5) is 2.42. The van der Waals surface area contributed by atoms with E-state index in [1.807, 2.05) is 6.07 Å². The van der Waals surface area contributed by atoms with Crippen LogP contribution in [0.3, 0.4) is 0 Å². The van der Waals surface area contributed by atoms with Gasteiger partial charge in [-0.3, -0.25) is 0 Å². The molecule has 1 aliphatic rings. The second-order valence-corrected chi connectivity index (χ2v) is 6.28. The van der Waals surface area contributed by atoms with E-state index in [4.69, 9.17) is 15.2 Å². The molecule has 4 heteroatoms. The minimum Gasteiger partial charge on any atom is -0.493 e. The first-order chi connectivity index (χ1) is 10.0. The van der Waals surface area contributed by atoms with E-state index in [-0.39, 0.29) is 0 Å². The summed E-state index contributed by atoms with van der Waals surface area (Å²) in [7, 11) is 3.34. The van der Waals surface area contributed by atoms with Crippen LogP contribution in [0.2, 0.25) is 0 Å². The summed E-state index contributed by atoms with van der Waals surface area (Å²) in [5.41, 5.74) is 7.41. The molecule has 0 bridgehead atoms. The Hall–Kier alpha value is -1.42.